The van der Waals surface area contributed by atoms with Crippen molar-refractivity contribution in [3.8, 4) is 0 Å². The SMILES string of the molecule is CN(C)C(=NCc1ccccc1)NCc1ccccc1. The van der Waals surface area contributed by atoms with Crippen LogP contribution >= 0.6 is 0 Å². The number of rotatable bonds is 4. The fourth-order valence-corrected chi connectivity index (χ4v) is 1.88. The van der Waals surface area contributed by atoms with E-state index in [2.05, 4.69) is 34.6 Å². The first-order chi connectivity index (χ1) is 9.75. The lowest BCUT2D eigenvalue weighted by Gasteiger charge is -2.17. The summed E-state index contributed by atoms with van der Waals surface area (Å²) < 4.78 is 0. The van der Waals surface area contributed by atoms with Crippen LogP contribution in [0, 0.1) is 0 Å². The Hall–Kier alpha value is -2.29. The van der Waals surface area contributed by atoms with E-state index in [-0.39, 0.29) is 0 Å². The molecule has 0 atom stereocenters. The number of nitrogens with zero attached hydrogens (tertiary/aromatic N) is 2. The Morgan fingerprint density at radius 3 is 2.00 bits per heavy atom. The molecule has 0 aromatic heterocycles. The summed E-state index contributed by atoms with van der Waals surface area (Å²) >= 11 is 0. The first-order valence-electron chi connectivity index (χ1n) is 6.79. The molecule has 0 radical (unpaired) electrons. The third-order valence-electron chi connectivity index (χ3n) is 2.97. The third kappa shape index (κ3) is 4.43. The molecule has 0 aliphatic rings. The molecule has 0 saturated carbocycles. The molecule has 3 nitrogen and oxygen atoms in total. The van der Waals surface area contributed by atoms with Gasteiger partial charge in [-0.15, -0.1) is 0 Å². The van der Waals surface area contributed by atoms with Crippen LogP contribution in [0.25, 0.3) is 0 Å². The van der Waals surface area contributed by atoms with Gasteiger partial charge in [-0.1, -0.05) is 60.7 Å². The Kier molecular flexibility index (Phi) is 5.18. The van der Waals surface area contributed by atoms with E-state index >= 15 is 0 Å². The van der Waals surface area contributed by atoms with Crippen LogP contribution in [0.15, 0.2) is 65.7 Å². The molecule has 3 heteroatoms. The summed E-state index contributed by atoms with van der Waals surface area (Å²) in [4.78, 5) is 6.65. The highest BCUT2D eigenvalue weighted by molar-refractivity contribution is 5.79. The van der Waals surface area contributed by atoms with Gasteiger partial charge in [0.05, 0.1) is 6.54 Å². The van der Waals surface area contributed by atoms with Gasteiger partial charge in [0.1, 0.15) is 0 Å². The summed E-state index contributed by atoms with van der Waals surface area (Å²) in [6.45, 7) is 1.47. The molecule has 0 saturated heterocycles. The van der Waals surface area contributed by atoms with Gasteiger partial charge in [-0.05, 0) is 11.1 Å². The van der Waals surface area contributed by atoms with Crippen molar-refractivity contribution in [3.63, 3.8) is 0 Å². The van der Waals surface area contributed by atoms with Gasteiger partial charge in [0.15, 0.2) is 5.96 Å². The van der Waals surface area contributed by atoms with Crippen molar-refractivity contribution in [2.24, 2.45) is 4.99 Å². The molecular weight excluding hydrogens is 246 g/mol. The molecular formula is C17H21N3. The standard InChI is InChI=1S/C17H21N3/c1-20(2)17(18-13-15-9-5-3-6-10-15)19-14-16-11-7-4-8-12-16/h3-12H,13-14H2,1-2H3,(H,18,19). The van der Waals surface area contributed by atoms with Gasteiger partial charge in [0.2, 0.25) is 0 Å². The molecule has 0 fully saturated rings. The van der Waals surface area contributed by atoms with E-state index in [4.69, 9.17) is 0 Å². The quantitative estimate of drug-likeness (QED) is 0.681. The lowest BCUT2D eigenvalue weighted by atomic mass is 10.2. The molecule has 2 aromatic carbocycles. The lowest BCUT2D eigenvalue weighted by Crippen LogP contribution is -2.36. The molecule has 0 bridgehead atoms. The molecule has 0 aliphatic carbocycles. The van der Waals surface area contributed by atoms with E-state index in [1.807, 2.05) is 55.4 Å². The second-order valence-electron chi connectivity index (χ2n) is 4.86. The zero-order chi connectivity index (χ0) is 14.2. The van der Waals surface area contributed by atoms with Crippen LogP contribution in [-0.2, 0) is 13.1 Å². The van der Waals surface area contributed by atoms with Gasteiger partial charge in [0.25, 0.3) is 0 Å². The average Bonchev–Trinajstić information content (AvgIpc) is 2.49. The summed E-state index contributed by atoms with van der Waals surface area (Å²) in [5, 5.41) is 3.38. The Morgan fingerprint density at radius 2 is 1.45 bits per heavy atom. The van der Waals surface area contributed by atoms with Crippen molar-refractivity contribution >= 4 is 5.96 Å². The molecule has 0 spiro atoms. The van der Waals surface area contributed by atoms with Gasteiger partial charge in [-0.3, -0.25) is 0 Å². The largest absolute Gasteiger partial charge is 0.352 e. The second-order valence-corrected chi connectivity index (χ2v) is 4.86. The number of hydrogen-bond donors (Lipinski definition) is 1. The summed E-state index contributed by atoms with van der Waals surface area (Å²) in [7, 11) is 4.00. The molecule has 20 heavy (non-hydrogen) atoms. The van der Waals surface area contributed by atoms with Crippen LogP contribution in [0.3, 0.4) is 0 Å². The molecule has 0 aliphatic heterocycles. The van der Waals surface area contributed by atoms with Crippen molar-refractivity contribution < 1.29 is 0 Å². The van der Waals surface area contributed by atoms with Gasteiger partial charge in [0, 0.05) is 20.6 Å². The Labute approximate surface area is 121 Å². The lowest BCUT2D eigenvalue weighted by molar-refractivity contribution is 0.578. The topological polar surface area (TPSA) is 27.6 Å². The smallest absolute Gasteiger partial charge is 0.194 e. The summed E-state index contributed by atoms with van der Waals surface area (Å²) in [6, 6.07) is 20.6. The van der Waals surface area contributed by atoms with Crippen molar-refractivity contribution in [1.29, 1.82) is 0 Å². The maximum atomic E-state index is 4.64. The predicted octanol–water partition coefficient (Wildman–Crippen LogP) is 2.89. The van der Waals surface area contributed by atoms with Gasteiger partial charge >= 0.3 is 0 Å². The second kappa shape index (κ2) is 7.34. The van der Waals surface area contributed by atoms with Crippen molar-refractivity contribution in [3.05, 3.63) is 71.8 Å². The minimum atomic E-state index is 0.691. The molecule has 0 unspecified atom stereocenters. The van der Waals surface area contributed by atoms with E-state index in [1.54, 1.807) is 0 Å². The maximum Gasteiger partial charge on any atom is 0.194 e. The number of hydrogen-bond acceptors (Lipinski definition) is 1. The Bertz CT molecular complexity index is 533. The Morgan fingerprint density at radius 1 is 0.900 bits per heavy atom. The predicted molar refractivity (Wildman–Crippen MR) is 84.5 cm³/mol. The van der Waals surface area contributed by atoms with E-state index < -0.39 is 0 Å². The highest BCUT2D eigenvalue weighted by atomic mass is 15.3. The van der Waals surface area contributed by atoms with Crippen LogP contribution in [0.1, 0.15) is 11.1 Å². The van der Waals surface area contributed by atoms with E-state index in [0.717, 1.165) is 12.5 Å². The van der Waals surface area contributed by atoms with E-state index in [0.29, 0.717) is 6.54 Å². The number of aliphatic imine (C=N–C) groups is 1. The summed E-state index contributed by atoms with van der Waals surface area (Å²) in [5.74, 6) is 0.901. The zero-order valence-corrected chi connectivity index (χ0v) is 12.1. The third-order valence-corrected chi connectivity index (χ3v) is 2.97. The van der Waals surface area contributed by atoms with Gasteiger partial charge in [-0.25, -0.2) is 4.99 Å². The first kappa shape index (κ1) is 14.1. The molecule has 0 amide bonds. The number of benzene rings is 2. The molecule has 2 aromatic rings. The summed E-state index contributed by atoms with van der Waals surface area (Å²) in [6.07, 6.45) is 0. The summed E-state index contributed by atoms with van der Waals surface area (Å²) in [5.41, 5.74) is 2.47. The zero-order valence-electron chi connectivity index (χ0n) is 12.1. The first-order valence-corrected chi connectivity index (χ1v) is 6.79. The van der Waals surface area contributed by atoms with Gasteiger partial charge < -0.3 is 10.2 Å². The van der Waals surface area contributed by atoms with Crippen LogP contribution in [0.2, 0.25) is 0 Å². The monoisotopic (exact) mass is 267 g/mol. The fourth-order valence-electron chi connectivity index (χ4n) is 1.88. The Balaban J connectivity index is 1.96. The minimum Gasteiger partial charge on any atom is -0.352 e. The van der Waals surface area contributed by atoms with Crippen LogP contribution < -0.4 is 5.32 Å². The fraction of sp³-hybridized carbons (Fsp3) is 0.235. The molecule has 0 heterocycles. The molecule has 104 valence electrons. The average molecular weight is 267 g/mol. The van der Waals surface area contributed by atoms with Gasteiger partial charge in [-0.2, -0.15) is 0 Å². The van der Waals surface area contributed by atoms with Crippen molar-refractivity contribution in [2.75, 3.05) is 14.1 Å². The van der Waals surface area contributed by atoms with E-state index in [1.165, 1.54) is 11.1 Å². The number of guanidine groups is 1. The molecule has 2 rings (SSSR count). The van der Waals surface area contributed by atoms with Crippen molar-refractivity contribution in [1.82, 2.24) is 10.2 Å². The van der Waals surface area contributed by atoms with Crippen LogP contribution in [-0.4, -0.2) is 25.0 Å². The normalized spacial score (nSPS) is 11.2. The van der Waals surface area contributed by atoms with Crippen molar-refractivity contribution in [2.45, 2.75) is 13.1 Å². The van der Waals surface area contributed by atoms with Crippen LogP contribution in [0.4, 0.5) is 0 Å². The minimum absolute atomic E-state index is 0.691. The molecule has 1 N–H and O–H groups in total. The van der Waals surface area contributed by atoms with Crippen LogP contribution in [0.5, 0.6) is 0 Å². The van der Waals surface area contributed by atoms with E-state index in [9.17, 15) is 0 Å². The number of nitrogens with one attached hydrogen (secondary N) is 1. The maximum absolute atomic E-state index is 4.64. The highest BCUT2D eigenvalue weighted by Crippen LogP contribution is 2.01. The highest BCUT2D eigenvalue weighted by Gasteiger charge is 2.01.